The Morgan fingerprint density at radius 3 is 1.54 bits per heavy atom. The van der Waals surface area contributed by atoms with Crippen LogP contribution in [0.25, 0.3) is 98.8 Å². The molecule has 0 N–H and O–H groups in total. The molecule has 10 aromatic carbocycles. The van der Waals surface area contributed by atoms with E-state index >= 15 is 0 Å². The van der Waals surface area contributed by atoms with Gasteiger partial charge in [0, 0.05) is 32.9 Å². The molecule has 0 aliphatic rings. The van der Waals surface area contributed by atoms with Crippen LogP contribution in [0.1, 0.15) is 0 Å². The molecule has 0 unspecified atom stereocenters. The third kappa shape index (κ3) is 5.59. The predicted octanol–water partition coefficient (Wildman–Crippen LogP) is 16.3. The summed E-state index contributed by atoms with van der Waals surface area (Å²) in [6.07, 6.45) is 0. The highest BCUT2D eigenvalue weighted by Crippen LogP contribution is 2.45. The Hall–Kier alpha value is -7.88. The molecule has 59 heavy (non-hydrogen) atoms. The molecule has 0 saturated carbocycles. The minimum Gasteiger partial charge on any atom is -0.456 e. The van der Waals surface area contributed by atoms with Gasteiger partial charge < -0.3 is 13.7 Å². The molecule has 0 radical (unpaired) electrons. The van der Waals surface area contributed by atoms with E-state index in [0.29, 0.717) is 0 Å². The fourth-order valence-corrected chi connectivity index (χ4v) is 8.88. The van der Waals surface area contributed by atoms with Crippen LogP contribution in [0.2, 0.25) is 0 Å². The van der Waals surface area contributed by atoms with Gasteiger partial charge in [0.25, 0.3) is 0 Å². The number of hydrogen-bond donors (Lipinski definition) is 0. The Bertz CT molecular complexity index is 3540. The standard InChI is InChI=1S/C56H35NO2/c1-2-10-42-34-43(21-20-36(42)8-1)39-18-16-37(17-19-39)38-22-28-45(29-23-38)57(51-13-7-15-53-55(51)50-33-26-41-9-3-4-11-47(41)56(50)59-53)46-30-24-40(25-31-46)44-27-32-49-48-12-5-6-14-52(48)58-54(49)35-44/h1-35H. The molecule has 0 bridgehead atoms. The lowest BCUT2D eigenvalue weighted by Gasteiger charge is -2.26. The molecule has 0 amide bonds. The summed E-state index contributed by atoms with van der Waals surface area (Å²) >= 11 is 0. The number of benzene rings is 10. The van der Waals surface area contributed by atoms with Gasteiger partial charge in [-0.3, -0.25) is 0 Å². The van der Waals surface area contributed by atoms with Crippen molar-refractivity contribution in [2.24, 2.45) is 0 Å². The van der Waals surface area contributed by atoms with E-state index in [-0.39, 0.29) is 0 Å². The van der Waals surface area contributed by atoms with Crippen LogP contribution in [0.15, 0.2) is 221 Å². The van der Waals surface area contributed by atoms with Gasteiger partial charge in [-0.25, -0.2) is 0 Å². The topological polar surface area (TPSA) is 29.5 Å². The van der Waals surface area contributed by atoms with Crippen LogP contribution in [0.5, 0.6) is 0 Å². The average molecular weight is 754 g/mol. The number of nitrogens with zero attached hydrogens (tertiary/aromatic N) is 1. The van der Waals surface area contributed by atoms with Gasteiger partial charge in [0.15, 0.2) is 0 Å². The lowest BCUT2D eigenvalue weighted by molar-refractivity contribution is 0.669. The normalized spacial score (nSPS) is 11.7. The van der Waals surface area contributed by atoms with Crippen LogP contribution in [0.3, 0.4) is 0 Å². The molecule has 0 spiro atoms. The molecule has 12 rings (SSSR count). The van der Waals surface area contributed by atoms with Crippen molar-refractivity contribution < 1.29 is 8.83 Å². The summed E-state index contributed by atoms with van der Waals surface area (Å²) in [4.78, 5) is 2.35. The summed E-state index contributed by atoms with van der Waals surface area (Å²) in [5.41, 5.74) is 13.7. The van der Waals surface area contributed by atoms with E-state index in [2.05, 4.69) is 205 Å². The van der Waals surface area contributed by atoms with Crippen molar-refractivity contribution in [3.05, 3.63) is 212 Å². The third-order valence-corrected chi connectivity index (χ3v) is 11.9. The quantitative estimate of drug-likeness (QED) is 0.169. The lowest BCUT2D eigenvalue weighted by atomic mass is 9.98. The van der Waals surface area contributed by atoms with Gasteiger partial charge in [0.1, 0.15) is 22.3 Å². The van der Waals surface area contributed by atoms with E-state index in [4.69, 9.17) is 8.83 Å². The first-order valence-electron chi connectivity index (χ1n) is 20.1. The second kappa shape index (κ2) is 13.4. The Kier molecular flexibility index (Phi) is 7.54. The molecule has 0 atom stereocenters. The number of anilines is 3. The minimum atomic E-state index is 0.859. The molecule has 0 aliphatic carbocycles. The predicted molar refractivity (Wildman–Crippen MR) is 247 cm³/mol. The molecule has 3 heteroatoms. The molecule has 2 aromatic heterocycles. The average Bonchev–Trinajstić information content (AvgIpc) is 3.88. The molecule has 3 nitrogen and oxygen atoms in total. The third-order valence-electron chi connectivity index (χ3n) is 11.9. The fraction of sp³-hybridized carbons (Fsp3) is 0. The monoisotopic (exact) mass is 753 g/mol. The second-order valence-electron chi connectivity index (χ2n) is 15.3. The summed E-state index contributed by atoms with van der Waals surface area (Å²) in [6, 6.07) is 75.8. The zero-order chi connectivity index (χ0) is 38.9. The van der Waals surface area contributed by atoms with Gasteiger partial charge in [-0.2, -0.15) is 0 Å². The highest BCUT2D eigenvalue weighted by molar-refractivity contribution is 6.19. The van der Waals surface area contributed by atoms with Gasteiger partial charge >= 0.3 is 0 Å². The van der Waals surface area contributed by atoms with E-state index < -0.39 is 0 Å². The van der Waals surface area contributed by atoms with Crippen molar-refractivity contribution in [3.8, 4) is 33.4 Å². The van der Waals surface area contributed by atoms with Crippen molar-refractivity contribution in [2.45, 2.75) is 0 Å². The number of fused-ring (bicyclic) bond motifs is 9. The Balaban J connectivity index is 0.948. The molecule has 0 saturated heterocycles. The van der Waals surface area contributed by atoms with Crippen molar-refractivity contribution >= 4 is 82.5 Å². The SMILES string of the molecule is c1ccc2cc(-c3ccc(-c4ccc(N(c5ccc(-c6ccc7c(c6)oc6ccccc67)cc5)c5cccc6oc7c8ccccc8ccc7c56)cc4)cc3)ccc2c1. The summed E-state index contributed by atoms with van der Waals surface area (Å²) in [5.74, 6) is 0. The second-order valence-corrected chi connectivity index (χ2v) is 15.3. The first-order valence-corrected chi connectivity index (χ1v) is 20.1. The van der Waals surface area contributed by atoms with Gasteiger partial charge in [-0.1, -0.05) is 146 Å². The van der Waals surface area contributed by atoms with Crippen molar-refractivity contribution in [2.75, 3.05) is 4.90 Å². The smallest absolute Gasteiger partial charge is 0.143 e. The van der Waals surface area contributed by atoms with Crippen LogP contribution in [-0.4, -0.2) is 0 Å². The maximum Gasteiger partial charge on any atom is 0.143 e. The molecule has 0 aliphatic heterocycles. The van der Waals surface area contributed by atoms with Crippen LogP contribution in [-0.2, 0) is 0 Å². The molecular formula is C56H35NO2. The van der Waals surface area contributed by atoms with E-state index in [1.54, 1.807) is 0 Å². The van der Waals surface area contributed by atoms with Crippen molar-refractivity contribution in [1.82, 2.24) is 0 Å². The number of rotatable bonds is 6. The molecular weight excluding hydrogens is 719 g/mol. The fourth-order valence-electron chi connectivity index (χ4n) is 8.88. The largest absolute Gasteiger partial charge is 0.456 e. The Labute approximate surface area is 340 Å². The van der Waals surface area contributed by atoms with Crippen molar-refractivity contribution in [3.63, 3.8) is 0 Å². The summed E-state index contributed by atoms with van der Waals surface area (Å²) in [5, 5.41) is 9.22. The van der Waals surface area contributed by atoms with Crippen molar-refractivity contribution in [1.29, 1.82) is 0 Å². The van der Waals surface area contributed by atoms with E-state index in [1.165, 1.54) is 27.5 Å². The maximum atomic E-state index is 6.67. The van der Waals surface area contributed by atoms with Crippen LogP contribution in [0.4, 0.5) is 17.1 Å². The number of furan rings is 2. The maximum absolute atomic E-state index is 6.67. The Morgan fingerprint density at radius 2 is 0.797 bits per heavy atom. The van der Waals surface area contributed by atoms with Crippen LogP contribution in [0, 0.1) is 0 Å². The van der Waals surface area contributed by atoms with E-state index in [0.717, 1.165) is 88.4 Å². The summed E-state index contributed by atoms with van der Waals surface area (Å²) < 4.78 is 12.9. The molecule has 0 fully saturated rings. The summed E-state index contributed by atoms with van der Waals surface area (Å²) in [6.45, 7) is 0. The van der Waals surface area contributed by atoms with Gasteiger partial charge in [-0.15, -0.1) is 0 Å². The first-order chi connectivity index (χ1) is 29.2. The zero-order valence-corrected chi connectivity index (χ0v) is 32.0. The molecule has 276 valence electrons. The van der Waals surface area contributed by atoms with Crippen LogP contribution < -0.4 is 4.90 Å². The highest BCUT2D eigenvalue weighted by atomic mass is 16.3. The van der Waals surface area contributed by atoms with Gasteiger partial charge in [-0.05, 0) is 116 Å². The first kappa shape index (κ1) is 33.3. The van der Waals surface area contributed by atoms with Gasteiger partial charge in [0.05, 0.1) is 11.1 Å². The summed E-state index contributed by atoms with van der Waals surface area (Å²) in [7, 11) is 0. The van der Waals surface area contributed by atoms with Gasteiger partial charge in [0.2, 0.25) is 0 Å². The zero-order valence-electron chi connectivity index (χ0n) is 32.0. The highest BCUT2D eigenvalue weighted by Gasteiger charge is 2.21. The minimum absolute atomic E-state index is 0.859. The van der Waals surface area contributed by atoms with Crippen LogP contribution >= 0.6 is 0 Å². The molecule has 12 aromatic rings. The lowest BCUT2D eigenvalue weighted by Crippen LogP contribution is -2.10. The molecule has 2 heterocycles. The number of hydrogen-bond acceptors (Lipinski definition) is 3. The Morgan fingerprint density at radius 1 is 0.288 bits per heavy atom. The van der Waals surface area contributed by atoms with E-state index in [1.807, 2.05) is 12.1 Å². The van der Waals surface area contributed by atoms with E-state index in [9.17, 15) is 0 Å². The number of para-hydroxylation sites is 1.